The highest BCUT2D eigenvalue weighted by Crippen LogP contribution is 2.33. The standard InChI is InChI=1S/C16H35N/c1-7-10-11-15(8-2)12-16(6,9-3)13-17-14(4)5/h14-15,17H,7-13H2,1-6H3. The number of unbranched alkanes of at least 4 members (excludes halogenated alkanes) is 1. The maximum atomic E-state index is 3.62. The highest BCUT2D eigenvalue weighted by molar-refractivity contribution is 4.79. The van der Waals surface area contributed by atoms with Crippen LogP contribution in [0.5, 0.6) is 0 Å². The van der Waals surface area contributed by atoms with Crippen LogP contribution in [0, 0.1) is 11.3 Å². The molecule has 0 spiro atoms. The van der Waals surface area contributed by atoms with Crippen LogP contribution in [0.15, 0.2) is 0 Å². The van der Waals surface area contributed by atoms with Gasteiger partial charge in [-0.25, -0.2) is 0 Å². The van der Waals surface area contributed by atoms with E-state index in [2.05, 4.69) is 46.9 Å². The van der Waals surface area contributed by atoms with E-state index >= 15 is 0 Å². The minimum atomic E-state index is 0.485. The van der Waals surface area contributed by atoms with Gasteiger partial charge in [-0.2, -0.15) is 0 Å². The van der Waals surface area contributed by atoms with Gasteiger partial charge in [0.05, 0.1) is 0 Å². The van der Waals surface area contributed by atoms with Gasteiger partial charge in [0.2, 0.25) is 0 Å². The number of hydrogen-bond donors (Lipinski definition) is 1. The van der Waals surface area contributed by atoms with Crippen molar-refractivity contribution >= 4 is 0 Å². The first-order valence-electron chi connectivity index (χ1n) is 7.70. The van der Waals surface area contributed by atoms with E-state index in [1.165, 1.54) is 45.1 Å². The van der Waals surface area contributed by atoms with Crippen LogP contribution in [-0.4, -0.2) is 12.6 Å². The smallest absolute Gasteiger partial charge is 0.00106 e. The minimum absolute atomic E-state index is 0.485. The second-order valence-corrected chi connectivity index (χ2v) is 6.32. The van der Waals surface area contributed by atoms with Gasteiger partial charge in [0.25, 0.3) is 0 Å². The zero-order valence-electron chi connectivity index (χ0n) is 13.1. The van der Waals surface area contributed by atoms with Gasteiger partial charge < -0.3 is 5.32 Å². The van der Waals surface area contributed by atoms with Crippen molar-refractivity contribution in [2.24, 2.45) is 11.3 Å². The lowest BCUT2D eigenvalue weighted by atomic mass is 9.76. The van der Waals surface area contributed by atoms with Gasteiger partial charge in [0, 0.05) is 12.6 Å². The molecule has 0 saturated carbocycles. The molecule has 0 fully saturated rings. The molecule has 0 rings (SSSR count). The normalized spacial score (nSPS) is 17.1. The average Bonchev–Trinajstić information content (AvgIpc) is 2.32. The summed E-state index contributed by atoms with van der Waals surface area (Å²) >= 11 is 0. The van der Waals surface area contributed by atoms with Crippen molar-refractivity contribution in [3.63, 3.8) is 0 Å². The number of hydrogen-bond acceptors (Lipinski definition) is 1. The molecule has 0 radical (unpaired) electrons. The molecule has 0 heterocycles. The molecule has 0 bridgehead atoms. The molecular weight excluding hydrogens is 206 g/mol. The number of nitrogens with one attached hydrogen (secondary N) is 1. The maximum absolute atomic E-state index is 3.62. The van der Waals surface area contributed by atoms with Crippen LogP contribution in [0.4, 0.5) is 0 Å². The van der Waals surface area contributed by atoms with Crippen LogP contribution in [0.3, 0.4) is 0 Å². The van der Waals surface area contributed by atoms with E-state index in [1.807, 2.05) is 0 Å². The Kier molecular flexibility index (Phi) is 8.94. The van der Waals surface area contributed by atoms with Crippen LogP contribution < -0.4 is 5.32 Å². The van der Waals surface area contributed by atoms with Gasteiger partial charge in [0.15, 0.2) is 0 Å². The fraction of sp³-hybridized carbons (Fsp3) is 1.00. The molecular formula is C16H35N. The lowest BCUT2D eigenvalue weighted by molar-refractivity contribution is 0.204. The minimum Gasteiger partial charge on any atom is -0.314 e. The first kappa shape index (κ1) is 17.0. The fourth-order valence-electron chi connectivity index (χ4n) is 2.43. The SMILES string of the molecule is CCCCC(CC)CC(C)(CC)CNC(C)C. The molecule has 1 N–H and O–H groups in total. The fourth-order valence-corrected chi connectivity index (χ4v) is 2.43. The highest BCUT2D eigenvalue weighted by atomic mass is 14.9. The molecule has 0 aromatic heterocycles. The summed E-state index contributed by atoms with van der Waals surface area (Å²) < 4.78 is 0. The summed E-state index contributed by atoms with van der Waals surface area (Å²) in [6.07, 6.45) is 8.18. The molecule has 1 heteroatoms. The summed E-state index contributed by atoms with van der Waals surface area (Å²) in [7, 11) is 0. The third-order valence-corrected chi connectivity index (χ3v) is 4.12. The summed E-state index contributed by atoms with van der Waals surface area (Å²) in [5, 5.41) is 3.62. The predicted octanol–water partition coefficient (Wildman–Crippen LogP) is 5.01. The van der Waals surface area contributed by atoms with Crippen molar-refractivity contribution in [2.45, 2.75) is 86.1 Å². The molecule has 17 heavy (non-hydrogen) atoms. The molecule has 104 valence electrons. The van der Waals surface area contributed by atoms with Gasteiger partial charge in [-0.3, -0.25) is 0 Å². The van der Waals surface area contributed by atoms with Crippen molar-refractivity contribution in [2.75, 3.05) is 6.54 Å². The zero-order valence-corrected chi connectivity index (χ0v) is 13.1. The van der Waals surface area contributed by atoms with E-state index in [0.717, 1.165) is 5.92 Å². The molecule has 0 aliphatic carbocycles. The molecule has 0 aliphatic heterocycles. The van der Waals surface area contributed by atoms with Gasteiger partial charge in [-0.05, 0) is 24.2 Å². The van der Waals surface area contributed by atoms with E-state index in [4.69, 9.17) is 0 Å². The van der Waals surface area contributed by atoms with Crippen LogP contribution in [0.25, 0.3) is 0 Å². The summed E-state index contributed by atoms with van der Waals surface area (Å²) in [4.78, 5) is 0. The van der Waals surface area contributed by atoms with Gasteiger partial charge >= 0.3 is 0 Å². The summed E-state index contributed by atoms with van der Waals surface area (Å²) in [5.41, 5.74) is 0.485. The van der Waals surface area contributed by atoms with E-state index < -0.39 is 0 Å². The second-order valence-electron chi connectivity index (χ2n) is 6.32. The first-order chi connectivity index (χ1) is 7.97. The first-order valence-corrected chi connectivity index (χ1v) is 7.70. The molecule has 0 aromatic carbocycles. The second kappa shape index (κ2) is 8.97. The van der Waals surface area contributed by atoms with E-state index in [0.29, 0.717) is 11.5 Å². The monoisotopic (exact) mass is 241 g/mol. The van der Waals surface area contributed by atoms with Gasteiger partial charge in [0.1, 0.15) is 0 Å². The molecule has 0 saturated heterocycles. The molecule has 0 aliphatic rings. The van der Waals surface area contributed by atoms with E-state index in [9.17, 15) is 0 Å². The van der Waals surface area contributed by atoms with Crippen molar-refractivity contribution in [1.82, 2.24) is 5.32 Å². The Balaban J connectivity index is 4.21. The van der Waals surface area contributed by atoms with Crippen molar-refractivity contribution in [3.05, 3.63) is 0 Å². The van der Waals surface area contributed by atoms with Crippen LogP contribution in [-0.2, 0) is 0 Å². The van der Waals surface area contributed by atoms with Crippen molar-refractivity contribution in [1.29, 1.82) is 0 Å². The average molecular weight is 241 g/mol. The highest BCUT2D eigenvalue weighted by Gasteiger charge is 2.25. The Labute approximate surface area is 110 Å². The Morgan fingerprint density at radius 1 is 1.12 bits per heavy atom. The van der Waals surface area contributed by atoms with Gasteiger partial charge in [-0.1, -0.05) is 67.2 Å². The van der Waals surface area contributed by atoms with E-state index in [-0.39, 0.29) is 0 Å². The molecule has 0 amide bonds. The quantitative estimate of drug-likeness (QED) is 0.567. The molecule has 1 nitrogen and oxygen atoms in total. The van der Waals surface area contributed by atoms with Gasteiger partial charge in [-0.15, -0.1) is 0 Å². The lowest BCUT2D eigenvalue weighted by Gasteiger charge is -2.33. The molecule has 0 aromatic rings. The number of rotatable bonds is 10. The Morgan fingerprint density at radius 3 is 2.18 bits per heavy atom. The topological polar surface area (TPSA) is 12.0 Å². The summed E-state index contributed by atoms with van der Waals surface area (Å²) in [6.45, 7) is 15.1. The summed E-state index contributed by atoms with van der Waals surface area (Å²) in [6, 6.07) is 0.608. The van der Waals surface area contributed by atoms with Crippen LogP contribution in [0.1, 0.15) is 80.1 Å². The van der Waals surface area contributed by atoms with Crippen LogP contribution >= 0.6 is 0 Å². The van der Waals surface area contributed by atoms with Crippen molar-refractivity contribution < 1.29 is 0 Å². The Bertz CT molecular complexity index is 176. The summed E-state index contributed by atoms with van der Waals surface area (Å²) in [5.74, 6) is 0.925. The van der Waals surface area contributed by atoms with E-state index in [1.54, 1.807) is 0 Å². The molecule has 2 atom stereocenters. The molecule has 2 unspecified atom stereocenters. The Morgan fingerprint density at radius 2 is 1.76 bits per heavy atom. The lowest BCUT2D eigenvalue weighted by Crippen LogP contribution is -2.36. The predicted molar refractivity (Wildman–Crippen MR) is 79.5 cm³/mol. The van der Waals surface area contributed by atoms with Crippen LogP contribution in [0.2, 0.25) is 0 Å². The third-order valence-electron chi connectivity index (χ3n) is 4.12. The maximum Gasteiger partial charge on any atom is 0.00106 e. The largest absolute Gasteiger partial charge is 0.314 e. The zero-order chi connectivity index (χ0) is 13.3. The third kappa shape index (κ3) is 7.81. The van der Waals surface area contributed by atoms with Crippen molar-refractivity contribution in [3.8, 4) is 0 Å². The Hall–Kier alpha value is -0.0400.